The van der Waals surface area contributed by atoms with Crippen molar-refractivity contribution in [1.29, 1.82) is 0 Å². The Labute approximate surface area is 259 Å². The monoisotopic (exact) mass is 600 g/mol. The molecule has 0 saturated heterocycles. The van der Waals surface area contributed by atoms with E-state index in [4.69, 9.17) is 15.5 Å². The lowest BCUT2D eigenvalue weighted by Gasteiger charge is -2.20. The molecule has 11 heteroatoms. The van der Waals surface area contributed by atoms with Gasteiger partial charge >= 0.3 is 0 Å². The number of fused-ring (bicyclic) bond motifs is 1. The van der Waals surface area contributed by atoms with Crippen molar-refractivity contribution in [2.75, 3.05) is 5.73 Å². The van der Waals surface area contributed by atoms with Crippen LogP contribution in [0.3, 0.4) is 0 Å². The van der Waals surface area contributed by atoms with Crippen molar-refractivity contribution >= 4 is 22.6 Å². The van der Waals surface area contributed by atoms with E-state index in [1.165, 1.54) is 10.8 Å². The van der Waals surface area contributed by atoms with E-state index in [0.717, 1.165) is 11.3 Å². The lowest BCUT2D eigenvalue weighted by molar-refractivity contribution is 0.0933. The fourth-order valence-electron chi connectivity index (χ4n) is 5.15. The highest BCUT2D eigenvalue weighted by atomic mass is 16.5. The first-order valence-electron chi connectivity index (χ1n) is 14.5. The molecule has 0 bridgehead atoms. The molecule has 0 aliphatic rings. The van der Waals surface area contributed by atoms with Gasteiger partial charge in [0, 0.05) is 24.4 Å². The highest BCUT2D eigenvalue weighted by molar-refractivity contribution is 5.97. The maximum Gasteiger partial charge on any atom is 0.274 e. The Bertz CT molecular complexity index is 2070. The molecule has 11 nitrogen and oxygen atoms in total. The van der Waals surface area contributed by atoms with Gasteiger partial charge in [-0.05, 0) is 69.3 Å². The SMILES string of the molecule is CC(C)Oc1ccc(-c2cnc(N)c(C(=O)N[C@H](C)c3nc4cccc(-c5ccn(C)n5)c4c(=O)n3-c3ccccc3)n2)cc1. The number of carbonyl (C=O) groups excluding carboxylic acids is 1. The zero-order valence-corrected chi connectivity index (χ0v) is 25.3. The average Bonchev–Trinajstić information content (AvgIpc) is 3.47. The number of rotatable bonds is 8. The molecular weight excluding hydrogens is 568 g/mol. The highest BCUT2D eigenvalue weighted by Crippen LogP contribution is 2.27. The third-order valence-electron chi connectivity index (χ3n) is 7.20. The molecule has 3 N–H and O–H groups in total. The normalized spacial score (nSPS) is 11.9. The van der Waals surface area contributed by atoms with Crippen molar-refractivity contribution < 1.29 is 9.53 Å². The molecule has 0 aliphatic heterocycles. The number of anilines is 1. The number of hydrogen-bond acceptors (Lipinski definition) is 8. The lowest BCUT2D eigenvalue weighted by Crippen LogP contribution is -2.34. The van der Waals surface area contributed by atoms with Crippen molar-refractivity contribution in [3.63, 3.8) is 0 Å². The van der Waals surface area contributed by atoms with Crippen LogP contribution in [0.2, 0.25) is 0 Å². The molecule has 3 heterocycles. The summed E-state index contributed by atoms with van der Waals surface area (Å²) >= 11 is 0. The molecule has 0 saturated carbocycles. The van der Waals surface area contributed by atoms with Crippen LogP contribution in [0.5, 0.6) is 5.75 Å². The van der Waals surface area contributed by atoms with Crippen LogP contribution in [-0.4, -0.2) is 41.3 Å². The zero-order valence-electron chi connectivity index (χ0n) is 25.3. The first-order valence-corrected chi connectivity index (χ1v) is 14.5. The van der Waals surface area contributed by atoms with Gasteiger partial charge in [-0.15, -0.1) is 0 Å². The van der Waals surface area contributed by atoms with E-state index in [1.807, 2.05) is 99.9 Å². The van der Waals surface area contributed by atoms with Crippen LogP contribution in [0.25, 0.3) is 39.1 Å². The molecule has 0 unspecified atom stereocenters. The van der Waals surface area contributed by atoms with Crippen LogP contribution < -0.4 is 21.3 Å². The average molecular weight is 601 g/mol. The van der Waals surface area contributed by atoms with Gasteiger partial charge in [0.25, 0.3) is 11.5 Å². The molecule has 6 aromatic rings. The Balaban J connectivity index is 1.38. The van der Waals surface area contributed by atoms with Gasteiger partial charge in [0.1, 0.15) is 11.6 Å². The first kappa shape index (κ1) is 29.2. The van der Waals surface area contributed by atoms with Crippen molar-refractivity contribution in [2.45, 2.75) is 32.9 Å². The molecular formula is C34H32N8O3. The van der Waals surface area contributed by atoms with Gasteiger partial charge in [-0.1, -0.05) is 30.3 Å². The Hall–Kier alpha value is -5.84. The summed E-state index contributed by atoms with van der Waals surface area (Å²) in [6.45, 7) is 5.67. The number of hydrogen-bond donors (Lipinski definition) is 2. The summed E-state index contributed by atoms with van der Waals surface area (Å²) in [6.07, 6.45) is 3.39. The molecule has 3 aromatic carbocycles. The summed E-state index contributed by atoms with van der Waals surface area (Å²) in [5, 5.41) is 7.87. The number of ether oxygens (including phenoxy) is 1. The first-order chi connectivity index (χ1) is 21.7. The number of nitrogen functional groups attached to an aromatic ring is 1. The third kappa shape index (κ3) is 5.87. The zero-order chi connectivity index (χ0) is 31.7. The molecule has 226 valence electrons. The minimum atomic E-state index is -0.717. The second-order valence-corrected chi connectivity index (χ2v) is 10.9. The third-order valence-corrected chi connectivity index (χ3v) is 7.20. The quantitative estimate of drug-likeness (QED) is 0.246. The van der Waals surface area contributed by atoms with E-state index < -0.39 is 11.9 Å². The summed E-state index contributed by atoms with van der Waals surface area (Å²) in [6, 6.07) is 23.2. The van der Waals surface area contributed by atoms with Crippen LogP contribution >= 0.6 is 0 Å². The summed E-state index contributed by atoms with van der Waals surface area (Å²) in [5.74, 6) is 0.498. The lowest BCUT2D eigenvalue weighted by atomic mass is 10.1. The van der Waals surface area contributed by atoms with Crippen molar-refractivity contribution in [3.05, 3.63) is 113 Å². The second kappa shape index (κ2) is 12.0. The maximum atomic E-state index is 14.3. The Morgan fingerprint density at radius 1 is 0.911 bits per heavy atom. The van der Waals surface area contributed by atoms with Gasteiger partial charge in [-0.25, -0.2) is 15.0 Å². The van der Waals surface area contributed by atoms with Gasteiger partial charge in [0.05, 0.1) is 46.3 Å². The summed E-state index contributed by atoms with van der Waals surface area (Å²) in [5.41, 5.74) is 9.45. The van der Waals surface area contributed by atoms with Crippen LogP contribution in [0, 0.1) is 0 Å². The van der Waals surface area contributed by atoms with Gasteiger partial charge in [0.15, 0.2) is 11.5 Å². The Morgan fingerprint density at radius 2 is 1.67 bits per heavy atom. The molecule has 0 aliphatic carbocycles. The van der Waals surface area contributed by atoms with Crippen LogP contribution in [0.4, 0.5) is 5.82 Å². The number of para-hydroxylation sites is 1. The van der Waals surface area contributed by atoms with E-state index in [1.54, 1.807) is 17.7 Å². The summed E-state index contributed by atoms with van der Waals surface area (Å²) in [4.78, 5) is 41.6. The molecule has 0 fully saturated rings. The number of benzene rings is 3. The molecule has 0 radical (unpaired) electrons. The van der Waals surface area contributed by atoms with E-state index in [2.05, 4.69) is 20.4 Å². The predicted molar refractivity (Wildman–Crippen MR) is 173 cm³/mol. The van der Waals surface area contributed by atoms with Crippen LogP contribution in [0.15, 0.2) is 96.1 Å². The highest BCUT2D eigenvalue weighted by Gasteiger charge is 2.24. The minimum absolute atomic E-state index is 0.0184. The topological polar surface area (TPSA) is 143 Å². The molecule has 3 aromatic heterocycles. The number of nitrogens with one attached hydrogen (secondary N) is 1. The molecule has 1 atom stereocenters. The van der Waals surface area contributed by atoms with Crippen LogP contribution in [-0.2, 0) is 7.05 Å². The Morgan fingerprint density at radius 3 is 2.36 bits per heavy atom. The fourth-order valence-corrected chi connectivity index (χ4v) is 5.15. The van der Waals surface area contributed by atoms with Gasteiger partial charge in [-0.2, -0.15) is 5.10 Å². The number of nitrogens with zero attached hydrogens (tertiary/aromatic N) is 6. The maximum absolute atomic E-state index is 14.3. The number of amides is 1. The predicted octanol–water partition coefficient (Wildman–Crippen LogP) is 5.10. The van der Waals surface area contributed by atoms with E-state index >= 15 is 0 Å². The number of aryl methyl sites for hydroxylation is 1. The number of aromatic nitrogens is 6. The van der Waals surface area contributed by atoms with Crippen molar-refractivity contribution in [3.8, 4) is 34.0 Å². The van der Waals surface area contributed by atoms with E-state index in [-0.39, 0.29) is 23.2 Å². The number of nitrogens with two attached hydrogens (primary N) is 1. The van der Waals surface area contributed by atoms with Crippen molar-refractivity contribution in [2.24, 2.45) is 7.05 Å². The summed E-state index contributed by atoms with van der Waals surface area (Å²) < 4.78 is 8.93. The molecule has 45 heavy (non-hydrogen) atoms. The smallest absolute Gasteiger partial charge is 0.274 e. The van der Waals surface area contributed by atoms with E-state index in [0.29, 0.717) is 39.4 Å². The van der Waals surface area contributed by atoms with E-state index in [9.17, 15) is 9.59 Å². The molecule has 1 amide bonds. The largest absolute Gasteiger partial charge is 0.491 e. The molecule has 0 spiro atoms. The summed E-state index contributed by atoms with van der Waals surface area (Å²) in [7, 11) is 1.82. The molecule has 6 rings (SSSR count). The minimum Gasteiger partial charge on any atom is -0.491 e. The second-order valence-electron chi connectivity index (χ2n) is 10.9. The van der Waals surface area contributed by atoms with Crippen molar-refractivity contribution in [1.82, 2.24) is 34.6 Å². The number of carbonyl (C=O) groups is 1. The van der Waals surface area contributed by atoms with Gasteiger partial charge in [-0.3, -0.25) is 18.8 Å². The Kier molecular flexibility index (Phi) is 7.82. The van der Waals surface area contributed by atoms with Crippen LogP contribution in [0.1, 0.15) is 43.1 Å². The van der Waals surface area contributed by atoms with Gasteiger partial charge < -0.3 is 15.8 Å². The fraction of sp³-hybridized carbons (Fsp3) is 0.176. The van der Waals surface area contributed by atoms with Gasteiger partial charge in [0.2, 0.25) is 0 Å². The standard InChI is InChI=1S/C34H32N8O3/c1-20(2)45-24-15-13-22(14-16-24)28-19-36-31(35)30(38-28)33(43)37-21(3)32-39-27-12-8-11-25(26-17-18-41(4)40-26)29(27)34(44)42(32)23-9-6-5-7-10-23/h5-21H,1-4H3,(H2,35,36)(H,37,43)/t21-/m1/s1.